The number of carbonyl (C=O) groups is 3. The largest absolute Gasteiger partial charge is 0.416 e. The Morgan fingerprint density at radius 2 is 1.53 bits per heavy atom. The van der Waals surface area contributed by atoms with Crippen LogP contribution in [0.4, 0.5) is 13.2 Å². The number of alkyl halides is 3. The number of carbonyl (C=O) groups excluding carboxylic acids is 3. The van der Waals surface area contributed by atoms with E-state index in [0.29, 0.717) is 32.5 Å². The molecule has 2 aliphatic rings. The Balaban J connectivity index is 1.42. The minimum absolute atomic E-state index is 0.0600. The van der Waals surface area contributed by atoms with E-state index in [1.54, 1.807) is 4.90 Å². The molecule has 9 heteroatoms. The van der Waals surface area contributed by atoms with Gasteiger partial charge < -0.3 is 15.1 Å². The maximum atomic E-state index is 12.7. The van der Waals surface area contributed by atoms with Crippen molar-refractivity contribution in [3.63, 3.8) is 0 Å². The molecule has 164 valence electrons. The molecule has 3 amide bonds. The molecule has 0 spiro atoms. The Kier molecular flexibility index (Phi) is 6.99. The maximum Gasteiger partial charge on any atom is 0.416 e. The van der Waals surface area contributed by atoms with Crippen LogP contribution in [0, 0.1) is 5.92 Å². The van der Waals surface area contributed by atoms with Gasteiger partial charge in [0.05, 0.1) is 5.56 Å². The van der Waals surface area contributed by atoms with Crippen molar-refractivity contribution in [3.8, 4) is 0 Å². The monoisotopic (exact) mass is 425 g/mol. The van der Waals surface area contributed by atoms with Crippen LogP contribution < -0.4 is 5.32 Å². The lowest BCUT2D eigenvalue weighted by Gasteiger charge is -2.31. The number of piperidine rings is 1. The first kappa shape index (κ1) is 22.1. The summed E-state index contributed by atoms with van der Waals surface area (Å²) in [6.45, 7) is 2.62. The zero-order valence-corrected chi connectivity index (χ0v) is 16.7. The van der Waals surface area contributed by atoms with E-state index in [4.69, 9.17) is 0 Å². The number of benzene rings is 1. The van der Waals surface area contributed by atoms with E-state index in [1.807, 2.05) is 4.90 Å². The highest BCUT2D eigenvalue weighted by molar-refractivity contribution is 5.94. The highest BCUT2D eigenvalue weighted by atomic mass is 19.4. The molecule has 0 atom stereocenters. The standard InChI is InChI=1S/C21H26F3N3O3/c22-21(23,24)17-5-3-16(4-6-17)20(30)27-13-8-15(9-14-27)19(29)25-10-7-18(28)26-11-1-2-12-26/h3-6,15H,1-2,7-14H2,(H,25,29). The van der Waals surface area contributed by atoms with Crippen LogP contribution in [0.25, 0.3) is 0 Å². The first-order valence-electron chi connectivity index (χ1n) is 10.3. The smallest absolute Gasteiger partial charge is 0.355 e. The summed E-state index contributed by atoms with van der Waals surface area (Å²) in [6, 6.07) is 4.16. The highest BCUT2D eigenvalue weighted by Gasteiger charge is 2.31. The summed E-state index contributed by atoms with van der Waals surface area (Å²) in [5.41, 5.74) is -0.594. The second-order valence-corrected chi connectivity index (χ2v) is 7.77. The molecule has 3 rings (SSSR count). The fourth-order valence-corrected chi connectivity index (χ4v) is 3.89. The van der Waals surface area contributed by atoms with Gasteiger partial charge in [0.1, 0.15) is 0 Å². The Morgan fingerprint density at radius 3 is 2.10 bits per heavy atom. The molecule has 1 aromatic carbocycles. The number of hydrogen-bond acceptors (Lipinski definition) is 3. The quantitative estimate of drug-likeness (QED) is 0.789. The fourth-order valence-electron chi connectivity index (χ4n) is 3.89. The molecule has 2 aliphatic heterocycles. The lowest BCUT2D eigenvalue weighted by atomic mass is 9.95. The van der Waals surface area contributed by atoms with Gasteiger partial charge in [0.25, 0.3) is 5.91 Å². The summed E-state index contributed by atoms with van der Waals surface area (Å²) < 4.78 is 38.0. The molecule has 0 unspecified atom stereocenters. The van der Waals surface area contributed by atoms with E-state index in [1.165, 1.54) is 12.1 Å². The summed E-state index contributed by atoms with van der Waals surface area (Å²) in [4.78, 5) is 40.2. The van der Waals surface area contributed by atoms with Crippen molar-refractivity contribution in [3.05, 3.63) is 35.4 Å². The van der Waals surface area contributed by atoms with Crippen molar-refractivity contribution in [1.29, 1.82) is 0 Å². The van der Waals surface area contributed by atoms with Gasteiger partial charge in [0.15, 0.2) is 0 Å². The van der Waals surface area contributed by atoms with Gasteiger partial charge in [-0.2, -0.15) is 13.2 Å². The van der Waals surface area contributed by atoms with Crippen LogP contribution in [-0.2, 0) is 15.8 Å². The van der Waals surface area contributed by atoms with Crippen molar-refractivity contribution in [2.24, 2.45) is 5.92 Å². The summed E-state index contributed by atoms with van der Waals surface area (Å²) in [7, 11) is 0. The van der Waals surface area contributed by atoms with E-state index < -0.39 is 11.7 Å². The molecule has 1 N–H and O–H groups in total. The second kappa shape index (κ2) is 9.49. The van der Waals surface area contributed by atoms with E-state index >= 15 is 0 Å². The van der Waals surface area contributed by atoms with E-state index in [-0.39, 0.29) is 35.6 Å². The van der Waals surface area contributed by atoms with Crippen LogP contribution in [0.1, 0.15) is 48.0 Å². The zero-order valence-electron chi connectivity index (χ0n) is 16.7. The van der Waals surface area contributed by atoms with Crippen molar-refractivity contribution in [1.82, 2.24) is 15.1 Å². The van der Waals surface area contributed by atoms with Gasteiger partial charge in [-0.15, -0.1) is 0 Å². The van der Waals surface area contributed by atoms with Crippen LogP contribution in [0.5, 0.6) is 0 Å². The molecule has 30 heavy (non-hydrogen) atoms. The van der Waals surface area contributed by atoms with Crippen molar-refractivity contribution >= 4 is 17.7 Å². The predicted octanol–water partition coefficient (Wildman–Crippen LogP) is 2.69. The number of likely N-dealkylation sites (tertiary alicyclic amines) is 2. The number of rotatable bonds is 5. The SMILES string of the molecule is O=C(NCCC(=O)N1CCCC1)C1CCN(C(=O)c2ccc(C(F)(F)F)cc2)CC1. The van der Waals surface area contributed by atoms with Crippen LogP contribution in [0.15, 0.2) is 24.3 Å². The number of nitrogens with one attached hydrogen (secondary N) is 1. The van der Waals surface area contributed by atoms with Gasteiger partial charge in [-0.05, 0) is 49.9 Å². The van der Waals surface area contributed by atoms with Gasteiger partial charge >= 0.3 is 6.18 Å². The molecule has 6 nitrogen and oxygen atoms in total. The summed E-state index contributed by atoms with van der Waals surface area (Å²) in [5.74, 6) is -0.627. The summed E-state index contributed by atoms with van der Waals surface area (Å²) >= 11 is 0. The molecule has 0 aromatic heterocycles. The zero-order chi connectivity index (χ0) is 21.7. The second-order valence-electron chi connectivity index (χ2n) is 7.77. The normalized spacial score (nSPS) is 17.8. The van der Waals surface area contributed by atoms with E-state index in [0.717, 1.165) is 38.1 Å². The summed E-state index contributed by atoms with van der Waals surface area (Å²) in [5, 5.41) is 2.81. The molecule has 2 heterocycles. The summed E-state index contributed by atoms with van der Waals surface area (Å²) in [6.07, 6.45) is -1.12. The molecule has 1 aromatic rings. The number of amides is 3. The van der Waals surface area contributed by atoms with Crippen molar-refractivity contribution < 1.29 is 27.6 Å². The van der Waals surface area contributed by atoms with E-state index in [9.17, 15) is 27.6 Å². The lowest BCUT2D eigenvalue weighted by Crippen LogP contribution is -2.43. The minimum Gasteiger partial charge on any atom is -0.355 e. The Bertz CT molecular complexity index is 766. The third-order valence-electron chi connectivity index (χ3n) is 5.71. The van der Waals surface area contributed by atoms with Gasteiger partial charge in [0, 0.05) is 50.6 Å². The van der Waals surface area contributed by atoms with Gasteiger partial charge in [-0.25, -0.2) is 0 Å². The molecule has 0 saturated carbocycles. The van der Waals surface area contributed by atoms with Crippen LogP contribution in [0.2, 0.25) is 0 Å². The first-order chi connectivity index (χ1) is 14.3. The van der Waals surface area contributed by atoms with E-state index in [2.05, 4.69) is 5.32 Å². The van der Waals surface area contributed by atoms with Crippen LogP contribution in [0.3, 0.4) is 0 Å². The Labute approximate surface area is 173 Å². The Hall–Kier alpha value is -2.58. The number of hydrogen-bond donors (Lipinski definition) is 1. The lowest BCUT2D eigenvalue weighted by molar-refractivity contribution is -0.137. The van der Waals surface area contributed by atoms with Crippen molar-refractivity contribution in [2.45, 2.75) is 38.3 Å². The maximum absolute atomic E-state index is 12.7. The van der Waals surface area contributed by atoms with Gasteiger partial charge in [0.2, 0.25) is 11.8 Å². The topological polar surface area (TPSA) is 69.7 Å². The number of nitrogens with zero attached hydrogens (tertiary/aromatic N) is 2. The number of halogens is 3. The average Bonchev–Trinajstić information content (AvgIpc) is 3.28. The van der Waals surface area contributed by atoms with Gasteiger partial charge in [-0.1, -0.05) is 0 Å². The molecule has 2 saturated heterocycles. The predicted molar refractivity (Wildman–Crippen MR) is 104 cm³/mol. The molecular formula is C21H26F3N3O3. The molecule has 0 aliphatic carbocycles. The minimum atomic E-state index is -4.44. The fraction of sp³-hybridized carbons (Fsp3) is 0.571. The van der Waals surface area contributed by atoms with Crippen LogP contribution in [-0.4, -0.2) is 60.2 Å². The molecule has 2 fully saturated rings. The van der Waals surface area contributed by atoms with Crippen LogP contribution >= 0.6 is 0 Å². The first-order valence-corrected chi connectivity index (χ1v) is 10.3. The molecular weight excluding hydrogens is 399 g/mol. The molecule has 0 radical (unpaired) electrons. The molecule has 0 bridgehead atoms. The van der Waals surface area contributed by atoms with Crippen molar-refractivity contribution in [2.75, 3.05) is 32.7 Å². The highest BCUT2D eigenvalue weighted by Crippen LogP contribution is 2.29. The average molecular weight is 425 g/mol. The third kappa shape index (κ3) is 5.52. The third-order valence-corrected chi connectivity index (χ3v) is 5.71. The van der Waals surface area contributed by atoms with Gasteiger partial charge in [-0.3, -0.25) is 14.4 Å². The Morgan fingerprint density at radius 1 is 0.933 bits per heavy atom.